The zero-order chi connectivity index (χ0) is 19.6. The zero-order valence-corrected chi connectivity index (χ0v) is 16.5. The molecule has 0 aliphatic carbocycles. The van der Waals surface area contributed by atoms with Crippen LogP contribution in [0.1, 0.15) is 16.7 Å². The molecule has 0 radical (unpaired) electrons. The summed E-state index contributed by atoms with van der Waals surface area (Å²) >= 11 is 0. The van der Waals surface area contributed by atoms with Gasteiger partial charge < -0.3 is 24.8 Å². The highest BCUT2D eigenvalue weighted by molar-refractivity contribution is 5.79. The number of aliphatic imine (C=N–C) groups is 1. The normalized spacial score (nSPS) is 13.0. The third kappa shape index (κ3) is 5.60. The Morgan fingerprint density at radius 1 is 1.25 bits per heavy atom. The lowest BCUT2D eigenvalue weighted by Gasteiger charge is -2.14. The van der Waals surface area contributed by atoms with E-state index in [1.54, 1.807) is 20.4 Å². The highest BCUT2D eigenvalue weighted by atomic mass is 16.5. The van der Waals surface area contributed by atoms with Crippen molar-refractivity contribution in [3.05, 3.63) is 53.2 Å². The number of nitrogens with zero attached hydrogens (tertiary/aromatic N) is 2. The van der Waals surface area contributed by atoms with Crippen molar-refractivity contribution in [3.63, 3.8) is 0 Å². The number of hydrogen-bond acceptors (Lipinski definition) is 5. The van der Waals surface area contributed by atoms with Crippen LogP contribution in [0.3, 0.4) is 0 Å². The second-order valence-corrected chi connectivity index (χ2v) is 6.45. The van der Waals surface area contributed by atoms with E-state index in [9.17, 15) is 0 Å². The topological polar surface area (TPSA) is 77.0 Å². The van der Waals surface area contributed by atoms with Crippen LogP contribution < -0.4 is 20.1 Å². The van der Waals surface area contributed by atoms with Crippen molar-refractivity contribution in [2.75, 3.05) is 40.5 Å². The zero-order valence-electron chi connectivity index (χ0n) is 16.5. The molecule has 1 aliphatic rings. The van der Waals surface area contributed by atoms with Gasteiger partial charge in [-0.3, -0.25) is 4.99 Å². The van der Waals surface area contributed by atoms with Gasteiger partial charge in [0.1, 0.15) is 12.4 Å². The molecule has 2 N–H and O–H groups in total. The minimum Gasteiger partial charge on any atom is -0.493 e. The van der Waals surface area contributed by atoms with Gasteiger partial charge in [0, 0.05) is 45.4 Å². The standard InChI is InChI=1S/C21H28N4O3/c1-22-21(24-10-7-16-5-6-19-17(14-16)8-11-27-19)25-15-18-4-3-9-23-20(18)28-13-12-26-2/h3-6,9,14H,7-8,10-13,15H2,1-2H3,(H2,22,24,25). The van der Waals surface area contributed by atoms with E-state index in [-0.39, 0.29) is 0 Å². The van der Waals surface area contributed by atoms with Crippen LogP contribution in [-0.2, 0) is 24.1 Å². The van der Waals surface area contributed by atoms with Crippen LogP contribution in [0.2, 0.25) is 0 Å². The Bertz CT molecular complexity index is 795. The molecule has 0 saturated heterocycles. The second-order valence-electron chi connectivity index (χ2n) is 6.45. The van der Waals surface area contributed by atoms with Gasteiger partial charge in [-0.2, -0.15) is 0 Å². The summed E-state index contributed by atoms with van der Waals surface area (Å²) in [4.78, 5) is 8.59. The summed E-state index contributed by atoms with van der Waals surface area (Å²) in [7, 11) is 3.41. The molecule has 1 aromatic heterocycles. The molecule has 7 nitrogen and oxygen atoms in total. The number of hydrogen-bond donors (Lipinski definition) is 2. The van der Waals surface area contributed by atoms with E-state index in [4.69, 9.17) is 14.2 Å². The van der Waals surface area contributed by atoms with Gasteiger partial charge >= 0.3 is 0 Å². The minimum atomic E-state index is 0.472. The van der Waals surface area contributed by atoms with E-state index < -0.39 is 0 Å². The molecule has 0 atom stereocenters. The van der Waals surface area contributed by atoms with E-state index in [0.717, 1.165) is 43.3 Å². The quantitative estimate of drug-likeness (QED) is 0.391. The summed E-state index contributed by atoms with van der Waals surface area (Å²) in [5.41, 5.74) is 3.58. The Kier molecular flexibility index (Phi) is 7.49. The maximum absolute atomic E-state index is 5.67. The molecule has 0 amide bonds. The molecular weight excluding hydrogens is 356 g/mol. The first kappa shape index (κ1) is 19.9. The predicted molar refractivity (Wildman–Crippen MR) is 109 cm³/mol. The average Bonchev–Trinajstić information content (AvgIpc) is 3.19. The molecule has 7 heteroatoms. The van der Waals surface area contributed by atoms with E-state index in [2.05, 4.69) is 38.8 Å². The number of rotatable bonds is 9. The highest BCUT2D eigenvalue weighted by Gasteiger charge is 2.12. The molecule has 0 fully saturated rings. The van der Waals surface area contributed by atoms with Crippen molar-refractivity contribution in [2.24, 2.45) is 4.99 Å². The number of ether oxygens (including phenoxy) is 3. The van der Waals surface area contributed by atoms with E-state index in [1.807, 2.05) is 12.1 Å². The van der Waals surface area contributed by atoms with Gasteiger partial charge in [0.05, 0.1) is 13.2 Å². The van der Waals surface area contributed by atoms with Gasteiger partial charge in [-0.1, -0.05) is 18.2 Å². The Balaban J connectivity index is 1.46. The lowest BCUT2D eigenvalue weighted by Crippen LogP contribution is -2.38. The molecule has 3 rings (SSSR count). The third-order valence-corrected chi connectivity index (χ3v) is 4.51. The van der Waals surface area contributed by atoms with Crippen molar-refractivity contribution in [1.29, 1.82) is 0 Å². The Hall–Kier alpha value is -2.80. The predicted octanol–water partition coefficient (Wildman–Crippen LogP) is 1.95. The van der Waals surface area contributed by atoms with Crippen LogP contribution in [0.4, 0.5) is 0 Å². The number of aromatic nitrogens is 1. The van der Waals surface area contributed by atoms with Crippen LogP contribution in [0.15, 0.2) is 41.5 Å². The number of nitrogens with one attached hydrogen (secondary N) is 2. The maximum atomic E-state index is 5.67. The maximum Gasteiger partial charge on any atom is 0.218 e. The molecule has 1 aliphatic heterocycles. The summed E-state index contributed by atoms with van der Waals surface area (Å²) in [5, 5.41) is 6.67. The van der Waals surface area contributed by atoms with Crippen LogP contribution in [0.25, 0.3) is 0 Å². The van der Waals surface area contributed by atoms with Crippen molar-refractivity contribution in [2.45, 2.75) is 19.4 Å². The fourth-order valence-electron chi connectivity index (χ4n) is 3.03. The molecule has 0 saturated carbocycles. The average molecular weight is 384 g/mol. The lowest BCUT2D eigenvalue weighted by atomic mass is 10.1. The van der Waals surface area contributed by atoms with E-state index in [1.165, 1.54) is 11.1 Å². The molecule has 28 heavy (non-hydrogen) atoms. The van der Waals surface area contributed by atoms with Gasteiger partial charge in [-0.05, 0) is 29.7 Å². The summed E-state index contributed by atoms with van der Waals surface area (Å²) in [6.07, 6.45) is 3.65. The SMILES string of the molecule is CN=C(NCCc1ccc2c(c1)CCO2)NCc1cccnc1OCCOC. The van der Waals surface area contributed by atoms with Crippen molar-refractivity contribution in [1.82, 2.24) is 15.6 Å². The summed E-state index contributed by atoms with van der Waals surface area (Å²) < 4.78 is 16.3. The Morgan fingerprint density at radius 3 is 3.04 bits per heavy atom. The molecule has 1 aromatic carbocycles. The molecule has 2 heterocycles. The van der Waals surface area contributed by atoms with Crippen molar-refractivity contribution < 1.29 is 14.2 Å². The first-order valence-electron chi connectivity index (χ1n) is 9.55. The Morgan fingerprint density at radius 2 is 2.18 bits per heavy atom. The van der Waals surface area contributed by atoms with Gasteiger partial charge in [-0.25, -0.2) is 4.98 Å². The van der Waals surface area contributed by atoms with Crippen LogP contribution in [0, 0.1) is 0 Å². The van der Waals surface area contributed by atoms with E-state index in [0.29, 0.717) is 25.6 Å². The molecule has 0 bridgehead atoms. The van der Waals surface area contributed by atoms with E-state index >= 15 is 0 Å². The molecular formula is C21H28N4O3. The smallest absolute Gasteiger partial charge is 0.218 e. The minimum absolute atomic E-state index is 0.472. The summed E-state index contributed by atoms with van der Waals surface area (Å²) in [5.74, 6) is 2.38. The van der Waals surface area contributed by atoms with Gasteiger partial charge in [0.2, 0.25) is 5.88 Å². The van der Waals surface area contributed by atoms with Crippen molar-refractivity contribution >= 4 is 5.96 Å². The number of methoxy groups -OCH3 is 1. The molecule has 0 unspecified atom stereocenters. The van der Waals surface area contributed by atoms with Crippen molar-refractivity contribution in [3.8, 4) is 11.6 Å². The molecule has 0 spiro atoms. The van der Waals surface area contributed by atoms with Crippen LogP contribution in [-0.4, -0.2) is 51.5 Å². The largest absolute Gasteiger partial charge is 0.493 e. The monoisotopic (exact) mass is 384 g/mol. The highest BCUT2D eigenvalue weighted by Crippen LogP contribution is 2.25. The number of guanidine groups is 1. The molecule has 2 aromatic rings. The number of pyridine rings is 1. The lowest BCUT2D eigenvalue weighted by molar-refractivity contribution is 0.143. The number of fused-ring (bicyclic) bond motifs is 1. The Labute approximate surface area is 166 Å². The van der Waals surface area contributed by atoms with Gasteiger partial charge in [0.25, 0.3) is 0 Å². The van der Waals surface area contributed by atoms with Gasteiger partial charge in [0.15, 0.2) is 5.96 Å². The first-order chi connectivity index (χ1) is 13.8. The van der Waals surface area contributed by atoms with Crippen LogP contribution >= 0.6 is 0 Å². The van der Waals surface area contributed by atoms with Crippen LogP contribution in [0.5, 0.6) is 11.6 Å². The fraction of sp³-hybridized carbons (Fsp3) is 0.429. The number of benzene rings is 1. The summed E-state index contributed by atoms with van der Waals surface area (Å²) in [6.45, 7) is 3.16. The van der Waals surface area contributed by atoms with Gasteiger partial charge in [-0.15, -0.1) is 0 Å². The third-order valence-electron chi connectivity index (χ3n) is 4.51. The fourth-order valence-corrected chi connectivity index (χ4v) is 3.03. The summed E-state index contributed by atoms with van der Waals surface area (Å²) in [6, 6.07) is 10.3. The first-order valence-corrected chi connectivity index (χ1v) is 9.55. The second kappa shape index (κ2) is 10.5. The molecule has 150 valence electrons.